The molecule has 1 atom stereocenters. The van der Waals surface area contributed by atoms with E-state index < -0.39 is 0 Å². The summed E-state index contributed by atoms with van der Waals surface area (Å²) in [5.74, 6) is 0.949. The van der Waals surface area contributed by atoms with E-state index in [0.29, 0.717) is 5.52 Å². The number of hydrogen-bond donors (Lipinski definition) is 2. The van der Waals surface area contributed by atoms with E-state index in [0.717, 1.165) is 28.0 Å². The van der Waals surface area contributed by atoms with Gasteiger partial charge in [-0.1, -0.05) is 54.1 Å². The highest BCUT2D eigenvalue weighted by Gasteiger charge is 2.20. The van der Waals surface area contributed by atoms with Crippen LogP contribution in [0.5, 0.6) is 5.75 Å². The number of rotatable bonds is 4. The zero-order valence-corrected chi connectivity index (χ0v) is 15.3. The van der Waals surface area contributed by atoms with Crippen LogP contribution in [0.4, 0.5) is 5.82 Å². The van der Waals surface area contributed by atoms with Gasteiger partial charge in [-0.25, -0.2) is 9.97 Å². The van der Waals surface area contributed by atoms with Gasteiger partial charge in [0.15, 0.2) is 0 Å². The highest BCUT2D eigenvalue weighted by Crippen LogP contribution is 2.36. The lowest BCUT2D eigenvalue weighted by Crippen LogP contribution is -2.13. The molecule has 4 heteroatoms. The lowest BCUT2D eigenvalue weighted by molar-refractivity contribution is 0.471. The van der Waals surface area contributed by atoms with E-state index in [4.69, 9.17) is 0 Å². The Morgan fingerprint density at radius 1 is 0.889 bits per heavy atom. The zero-order chi connectivity index (χ0) is 18.8. The number of benzene rings is 2. The van der Waals surface area contributed by atoms with Crippen molar-refractivity contribution < 1.29 is 5.11 Å². The molecule has 0 aliphatic heterocycles. The summed E-state index contributed by atoms with van der Waals surface area (Å²) in [5.41, 5.74) is 4.51. The summed E-state index contributed by atoms with van der Waals surface area (Å²) >= 11 is 0. The number of aromatic hydroxyl groups is 1. The van der Waals surface area contributed by atoms with E-state index in [-0.39, 0.29) is 11.8 Å². The molecular weight excluding hydrogens is 334 g/mol. The molecule has 27 heavy (non-hydrogen) atoms. The minimum atomic E-state index is -0.243. The number of aromatic nitrogens is 2. The third kappa shape index (κ3) is 3.47. The molecule has 0 aliphatic rings. The van der Waals surface area contributed by atoms with Crippen molar-refractivity contribution in [3.8, 4) is 5.75 Å². The lowest BCUT2D eigenvalue weighted by Gasteiger charge is -2.22. The molecule has 0 bridgehead atoms. The van der Waals surface area contributed by atoms with Gasteiger partial charge in [0.1, 0.15) is 17.1 Å². The Balaban J connectivity index is 1.86. The Morgan fingerprint density at radius 2 is 1.67 bits per heavy atom. The summed E-state index contributed by atoms with van der Waals surface area (Å²) in [7, 11) is 0. The van der Waals surface area contributed by atoms with Crippen LogP contribution in [0.25, 0.3) is 10.9 Å². The molecule has 0 fully saturated rings. The van der Waals surface area contributed by atoms with Crippen molar-refractivity contribution in [1.29, 1.82) is 0 Å². The van der Waals surface area contributed by atoms with Gasteiger partial charge in [-0.3, -0.25) is 0 Å². The first-order valence-corrected chi connectivity index (χ1v) is 8.95. The van der Waals surface area contributed by atoms with Crippen LogP contribution in [0.2, 0.25) is 0 Å². The van der Waals surface area contributed by atoms with Gasteiger partial charge in [-0.2, -0.15) is 0 Å². The molecule has 0 radical (unpaired) electrons. The maximum absolute atomic E-state index is 11.0. The number of pyridine rings is 2. The van der Waals surface area contributed by atoms with Gasteiger partial charge in [0.05, 0.1) is 6.04 Å². The summed E-state index contributed by atoms with van der Waals surface area (Å²) in [6.45, 7) is 3.99. The Kier molecular flexibility index (Phi) is 4.47. The number of phenols is 1. The highest BCUT2D eigenvalue weighted by atomic mass is 16.3. The second kappa shape index (κ2) is 7.08. The average molecular weight is 355 g/mol. The first-order valence-electron chi connectivity index (χ1n) is 8.95. The fourth-order valence-corrected chi connectivity index (χ4v) is 3.22. The molecule has 0 saturated heterocycles. The zero-order valence-electron chi connectivity index (χ0n) is 15.3. The van der Waals surface area contributed by atoms with Gasteiger partial charge < -0.3 is 10.4 Å². The number of aryl methyl sites for hydroxylation is 2. The van der Waals surface area contributed by atoms with Crippen molar-refractivity contribution in [3.63, 3.8) is 0 Å². The fraction of sp³-hybridized carbons (Fsp3) is 0.130. The van der Waals surface area contributed by atoms with Crippen LogP contribution in [0.3, 0.4) is 0 Å². The van der Waals surface area contributed by atoms with Crippen LogP contribution >= 0.6 is 0 Å². The minimum absolute atomic E-state index is 0.199. The number of anilines is 1. The van der Waals surface area contributed by atoms with Gasteiger partial charge >= 0.3 is 0 Å². The molecular formula is C23H21N3O. The first kappa shape index (κ1) is 17.0. The molecule has 2 N–H and O–H groups in total. The van der Waals surface area contributed by atoms with Crippen molar-refractivity contribution >= 4 is 16.7 Å². The van der Waals surface area contributed by atoms with Gasteiger partial charge in [0, 0.05) is 22.8 Å². The molecule has 4 rings (SSSR count). The topological polar surface area (TPSA) is 58.0 Å². The molecule has 4 nitrogen and oxygen atoms in total. The van der Waals surface area contributed by atoms with Gasteiger partial charge in [-0.15, -0.1) is 0 Å². The summed E-state index contributed by atoms with van der Waals surface area (Å²) < 4.78 is 0. The second-order valence-corrected chi connectivity index (χ2v) is 6.73. The van der Waals surface area contributed by atoms with Gasteiger partial charge in [0.25, 0.3) is 0 Å². The Morgan fingerprint density at radius 3 is 2.41 bits per heavy atom. The molecule has 0 saturated carbocycles. The van der Waals surface area contributed by atoms with E-state index in [9.17, 15) is 5.11 Å². The smallest absolute Gasteiger partial charge is 0.147 e. The third-order valence-electron chi connectivity index (χ3n) is 4.68. The van der Waals surface area contributed by atoms with E-state index in [1.54, 1.807) is 6.20 Å². The van der Waals surface area contributed by atoms with Crippen molar-refractivity contribution in [3.05, 3.63) is 95.3 Å². The van der Waals surface area contributed by atoms with Crippen LogP contribution in [-0.2, 0) is 0 Å². The van der Waals surface area contributed by atoms with E-state index >= 15 is 0 Å². The van der Waals surface area contributed by atoms with Crippen molar-refractivity contribution in [2.75, 3.05) is 5.32 Å². The van der Waals surface area contributed by atoms with Crippen LogP contribution in [0.15, 0.2) is 72.9 Å². The number of fused-ring (bicyclic) bond motifs is 1. The van der Waals surface area contributed by atoms with E-state index in [2.05, 4.69) is 46.5 Å². The molecule has 4 aromatic rings. The van der Waals surface area contributed by atoms with Crippen molar-refractivity contribution in [2.45, 2.75) is 19.9 Å². The maximum Gasteiger partial charge on any atom is 0.147 e. The molecule has 0 unspecified atom stereocenters. The van der Waals surface area contributed by atoms with Crippen LogP contribution in [-0.4, -0.2) is 15.1 Å². The van der Waals surface area contributed by atoms with Crippen LogP contribution < -0.4 is 5.32 Å². The first-order chi connectivity index (χ1) is 13.1. The number of hydrogen-bond acceptors (Lipinski definition) is 4. The van der Waals surface area contributed by atoms with Crippen molar-refractivity contribution in [2.24, 2.45) is 0 Å². The largest absolute Gasteiger partial charge is 0.505 e. The maximum atomic E-state index is 11.0. The molecule has 2 heterocycles. The second-order valence-electron chi connectivity index (χ2n) is 6.73. The molecule has 2 aromatic carbocycles. The van der Waals surface area contributed by atoms with Crippen LogP contribution in [0.1, 0.15) is 28.4 Å². The summed E-state index contributed by atoms with van der Waals surface area (Å²) in [6, 6.07) is 21.7. The molecule has 2 aromatic heterocycles. The Hall–Kier alpha value is -3.40. The van der Waals surface area contributed by atoms with E-state index in [1.165, 1.54) is 5.56 Å². The summed E-state index contributed by atoms with van der Waals surface area (Å²) in [6.07, 6.45) is 1.75. The molecule has 134 valence electrons. The molecule has 0 spiro atoms. The Bertz CT molecular complexity index is 1080. The summed E-state index contributed by atoms with van der Waals surface area (Å²) in [5, 5.41) is 15.4. The lowest BCUT2D eigenvalue weighted by atomic mass is 9.95. The quantitative estimate of drug-likeness (QED) is 0.531. The normalized spacial score (nSPS) is 12.1. The van der Waals surface area contributed by atoms with Gasteiger partial charge in [-0.05, 0) is 37.6 Å². The van der Waals surface area contributed by atoms with Crippen molar-refractivity contribution in [1.82, 2.24) is 9.97 Å². The fourth-order valence-electron chi connectivity index (χ4n) is 3.22. The third-order valence-corrected chi connectivity index (χ3v) is 4.68. The number of nitrogens with zero attached hydrogens (tertiary/aromatic N) is 2. The highest BCUT2D eigenvalue weighted by molar-refractivity contribution is 5.86. The van der Waals surface area contributed by atoms with Crippen LogP contribution in [0, 0.1) is 13.8 Å². The average Bonchev–Trinajstić information content (AvgIpc) is 2.69. The van der Waals surface area contributed by atoms with Gasteiger partial charge in [0.2, 0.25) is 0 Å². The Labute approximate surface area is 158 Å². The SMILES string of the molecule is Cc1ccc([C@@H](Nc2ccccn2)c2ccc3ccc(C)nc3c2O)cc1. The summed E-state index contributed by atoms with van der Waals surface area (Å²) in [4.78, 5) is 8.92. The standard InChI is InChI=1S/C23H21N3O/c1-15-6-9-17(10-7-15)21(26-20-5-3-4-14-24-20)19-13-12-18-11-8-16(2)25-22(18)23(19)27/h3-14,21,27H,1-2H3,(H,24,26)/t21-/m1/s1. The predicted molar refractivity (Wildman–Crippen MR) is 109 cm³/mol. The van der Waals surface area contributed by atoms with E-state index in [1.807, 2.05) is 49.4 Å². The minimum Gasteiger partial charge on any atom is -0.505 e. The molecule has 0 aliphatic carbocycles. The number of phenolic OH excluding ortho intramolecular Hbond substituents is 1. The molecule has 0 amide bonds. The predicted octanol–water partition coefficient (Wildman–Crippen LogP) is 5.15. The monoisotopic (exact) mass is 355 g/mol. The number of nitrogens with one attached hydrogen (secondary N) is 1.